The van der Waals surface area contributed by atoms with E-state index in [1.165, 1.54) is 0 Å². The molecule has 182 valence electrons. The summed E-state index contributed by atoms with van der Waals surface area (Å²) in [5.74, 6) is -3.38. The first-order valence-electron chi connectivity index (χ1n) is 11.7. The number of benzene rings is 1. The van der Waals surface area contributed by atoms with Crippen LogP contribution < -0.4 is 10.2 Å². The lowest BCUT2D eigenvalue weighted by atomic mass is 9.95. The summed E-state index contributed by atoms with van der Waals surface area (Å²) in [6, 6.07) is 5.60. The number of ether oxygens (including phenoxy) is 1. The summed E-state index contributed by atoms with van der Waals surface area (Å²) in [4.78, 5) is 21.2. The number of aromatic nitrogens is 1. The number of pyridine rings is 1. The van der Waals surface area contributed by atoms with E-state index < -0.39 is 23.4 Å². The number of halogens is 3. The first-order valence-corrected chi connectivity index (χ1v) is 12.0. The van der Waals surface area contributed by atoms with E-state index in [0.29, 0.717) is 24.1 Å². The molecule has 7 nitrogen and oxygen atoms in total. The summed E-state index contributed by atoms with van der Waals surface area (Å²) in [6.45, 7) is 5.98. The number of piperazine rings is 1. The van der Waals surface area contributed by atoms with Crippen LogP contribution in [-0.2, 0) is 9.53 Å². The van der Waals surface area contributed by atoms with Gasteiger partial charge in [0.2, 0.25) is 5.91 Å². The van der Waals surface area contributed by atoms with Crippen molar-refractivity contribution in [3.8, 4) is 0 Å². The molecule has 0 bridgehead atoms. The number of anilines is 2. The van der Waals surface area contributed by atoms with E-state index in [-0.39, 0.29) is 24.3 Å². The minimum absolute atomic E-state index is 0.191. The van der Waals surface area contributed by atoms with Gasteiger partial charge in [0.05, 0.1) is 46.9 Å². The Kier molecular flexibility index (Phi) is 4.92. The number of aliphatic hydroxyl groups is 1. The normalized spacial score (nSPS) is 34.6. The number of amides is 1. The summed E-state index contributed by atoms with van der Waals surface area (Å²) < 4.78 is 32.5. The van der Waals surface area contributed by atoms with Crippen molar-refractivity contribution in [2.45, 2.75) is 37.3 Å². The highest BCUT2D eigenvalue weighted by molar-refractivity contribution is 6.34. The van der Waals surface area contributed by atoms with Crippen molar-refractivity contribution in [2.24, 2.45) is 11.3 Å². The number of carbonyl (C=O) groups excluding carboxylic acids is 1. The van der Waals surface area contributed by atoms with Gasteiger partial charge in [-0.05, 0) is 36.9 Å². The van der Waals surface area contributed by atoms with Crippen molar-refractivity contribution >= 4 is 39.8 Å². The second-order valence-electron chi connectivity index (χ2n) is 10.4. The van der Waals surface area contributed by atoms with Crippen LogP contribution in [0.1, 0.15) is 19.8 Å². The second kappa shape index (κ2) is 7.46. The lowest BCUT2D eigenvalue weighted by Gasteiger charge is -2.45. The maximum atomic E-state index is 13.5. The lowest BCUT2D eigenvalue weighted by molar-refractivity contribution is -0.118. The molecule has 6 rings (SSSR count). The highest BCUT2D eigenvalue weighted by atomic mass is 35.5. The summed E-state index contributed by atoms with van der Waals surface area (Å²) in [7, 11) is 0. The Morgan fingerprint density at radius 2 is 1.97 bits per heavy atom. The molecule has 0 unspecified atom stereocenters. The van der Waals surface area contributed by atoms with Gasteiger partial charge in [0, 0.05) is 44.2 Å². The van der Waals surface area contributed by atoms with Gasteiger partial charge in [0.1, 0.15) is 5.82 Å². The Bertz CT molecular complexity index is 1170. The maximum absolute atomic E-state index is 13.5. The van der Waals surface area contributed by atoms with Crippen LogP contribution in [0.15, 0.2) is 24.4 Å². The van der Waals surface area contributed by atoms with Gasteiger partial charge in [-0.2, -0.15) is 0 Å². The third kappa shape index (κ3) is 3.39. The zero-order valence-electron chi connectivity index (χ0n) is 18.9. The molecule has 34 heavy (non-hydrogen) atoms. The predicted molar refractivity (Wildman–Crippen MR) is 125 cm³/mol. The van der Waals surface area contributed by atoms with Crippen LogP contribution >= 0.6 is 11.6 Å². The average molecular weight is 493 g/mol. The van der Waals surface area contributed by atoms with Crippen molar-refractivity contribution in [1.29, 1.82) is 0 Å². The molecule has 2 N–H and O–H groups in total. The molecule has 0 radical (unpaired) electrons. The summed E-state index contributed by atoms with van der Waals surface area (Å²) in [6.07, 6.45) is 1.19. The number of fused-ring (bicyclic) bond motifs is 1. The van der Waals surface area contributed by atoms with E-state index in [1.807, 2.05) is 19.1 Å². The van der Waals surface area contributed by atoms with Crippen LogP contribution in [0.5, 0.6) is 0 Å². The molecule has 2 aliphatic carbocycles. The summed E-state index contributed by atoms with van der Waals surface area (Å²) in [5.41, 5.74) is -0.582. The van der Waals surface area contributed by atoms with Crippen LogP contribution in [0.2, 0.25) is 5.02 Å². The monoisotopic (exact) mass is 492 g/mol. The van der Waals surface area contributed by atoms with Gasteiger partial charge in [0.25, 0.3) is 5.92 Å². The van der Waals surface area contributed by atoms with Gasteiger partial charge < -0.3 is 20.1 Å². The molecule has 1 spiro atoms. The van der Waals surface area contributed by atoms with E-state index in [0.717, 1.165) is 42.6 Å². The maximum Gasteiger partial charge on any atom is 0.255 e. The quantitative estimate of drug-likeness (QED) is 0.683. The molecule has 10 heteroatoms. The molecule has 3 heterocycles. The molecule has 1 amide bonds. The molecular weight excluding hydrogens is 466 g/mol. The first kappa shape index (κ1) is 22.4. The van der Waals surface area contributed by atoms with Gasteiger partial charge in [-0.3, -0.25) is 9.69 Å². The molecule has 2 saturated carbocycles. The fraction of sp³-hybridized carbons (Fsp3) is 0.583. The zero-order chi connectivity index (χ0) is 23.9. The Balaban J connectivity index is 1.17. The van der Waals surface area contributed by atoms with Crippen LogP contribution in [0.25, 0.3) is 10.8 Å². The lowest BCUT2D eigenvalue weighted by Crippen LogP contribution is -2.60. The van der Waals surface area contributed by atoms with Gasteiger partial charge in [-0.25, -0.2) is 13.8 Å². The third-order valence-corrected chi connectivity index (χ3v) is 8.60. The van der Waals surface area contributed by atoms with Crippen molar-refractivity contribution in [3.05, 3.63) is 29.4 Å². The number of alkyl halides is 2. The summed E-state index contributed by atoms with van der Waals surface area (Å²) >= 11 is 6.61. The molecule has 2 saturated heterocycles. The van der Waals surface area contributed by atoms with E-state index in [9.17, 15) is 18.7 Å². The molecule has 1 aromatic carbocycles. The minimum Gasteiger partial charge on any atom is -0.389 e. The van der Waals surface area contributed by atoms with Gasteiger partial charge in [0.15, 0.2) is 0 Å². The van der Waals surface area contributed by atoms with Crippen LogP contribution in [-0.4, -0.2) is 77.9 Å². The molecule has 2 aromatic rings. The van der Waals surface area contributed by atoms with Gasteiger partial charge >= 0.3 is 0 Å². The van der Waals surface area contributed by atoms with E-state index in [2.05, 4.69) is 20.1 Å². The van der Waals surface area contributed by atoms with Crippen LogP contribution in [0, 0.1) is 11.3 Å². The average Bonchev–Trinajstić information content (AvgIpc) is 3.62. The third-order valence-electron chi connectivity index (χ3n) is 8.30. The fourth-order valence-electron chi connectivity index (χ4n) is 5.69. The number of rotatable bonds is 4. The second-order valence-corrected chi connectivity index (χ2v) is 10.8. The highest BCUT2D eigenvalue weighted by Gasteiger charge is 2.85. The molecular formula is C24H27ClF2N4O3. The Morgan fingerprint density at radius 1 is 1.24 bits per heavy atom. The van der Waals surface area contributed by atoms with Crippen molar-refractivity contribution in [1.82, 2.24) is 9.88 Å². The Hall–Kier alpha value is -2.07. The van der Waals surface area contributed by atoms with Crippen LogP contribution in [0.3, 0.4) is 0 Å². The molecule has 1 aromatic heterocycles. The summed E-state index contributed by atoms with van der Waals surface area (Å²) in [5, 5.41) is 15.4. The van der Waals surface area contributed by atoms with E-state index in [1.54, 1.807) is 12.3 Å². The standard InChI is InChI=1S/C24H27ClF2N4O3/c1-22(13-34-11-19(22)32)31-4-2-30(3-5-31)18-7-14-8-20(28-10-15(14)6-17(18)25)29-21(33)16-9-23(16)12-24(23,26)27/h6-8,10,16,19,32H,2-5,9,11-13H2,1H3,(H,28,29,33)/t16-,19-,22+,23+/m1/s1. The molecule has 4 fully saturated rings. The zero-order valence-corrected chi connectivity index (χ0v) is 19.6. The molecule has 4 atom stereocenters. The SMILES string of the molecule is C[C@]1(N2CCN(c3cc4cc(NC(=O)[C@H]5C[C@]56CC6(F)F)ncc4cc3Cl)CC2)COC[C@H]1O. The Labute approximate surface area is 201 Å². The number of nitrogens with zero attached hydrogens (tertiary/aromatic N) is 3. The van der Waals surface area contributed by atoms with Gasteiger partial charge in [-0.15, -0.1) is 0 Å². The largest absolute Gasteiger partial charge is 0.389 e. The fourth-order valence-corrected chi connectivity index (χ4v) is 5.98. The Morgan fingerprint density at radius 3 is 2.59 bits per heavy atom. The topological polar surface area (TPSA) is 77.9 Å². The molecule has 4 aliphatic rings. The van der Waals surface area contributed by atoms with E-state index in [4.69, 9.17) is 16.3 Å². The minimum atomic E-state index is -2.71. The smallest absolute Gasteiger partial charge is 0.255 e. The van der Waals surface area contributed by atoms with Gasteiger partial charge in [-0.1, -0.05) is 11.6 Å². The number of carbonyl (C=O) groups is 1. The van der Waals surface area contributed by atoms with Crippen LogP contribution in [0.4, 0.5) is 20.3 Å². The molecule has 2 aliphatic heterocycles. The first-order chi connectivity index (χ1) is 16.1. The van der Waals surface area contributed by atoms with Crippen molar-refractivity contribution in [2.75, 3.05) is 49.6 Å². The number of aliphatic hydroxyl groups excluding tert-OH is 1. The van der Waals surface area contributed by atoms with E-state index >= 15 is 0 Å². The highest BCUT2D eigenvalue weighted by Crippen LogP contribution is 2.79. The van der Waals surface area contributed by atoms with Crippen molar-refractivity contribution in [3.63, 3.8) is 0 Å². The number of hydrogen-bond acceptors (Lipinski definition) is 6. The number of hydrogen-bond donors (Lipinski definition) is 2. The van der Waals surface area contributed by atoms with Crippen molar-refractivity contribution < 1.29 is 23.4 Å². The number of nitrogens with one attached hydrogen (secondary N) is 1. The predicted octanol–water partition coefficient (Wildman–Crippen LogP) is 3.14.